The first-order chi connectivity index (χ1) is 15.6. The van der Waals surface area contributed by atoms with Crippen LogP contribution in [0.2, 0.25) is 0 Å². The van der Waals surface area contributed by atoms with Gasteiger partial charge in [-0.05, 0) is 49.6 Å². The molecule has 1 fully saturated rings. The molecule has 2 aliphatic rings. The summed E-state index contributed by atoms with van der Waals surface area (Å²) >= 11 is 1.20. The Morgan fingerprint density at radius 3 is 2.78 bits per heavy atom. The second kappa shape index (κ2) is 8.46. The molecule has 3 aromatic rings. The molecule has 0 bridgehead atoms. The lowest BCUT2D eigenvalue weighted by molar-refractivity contribution is 0.102. The summed E-state index contributed by atoms with van der Waals surface area (Å²) < 4.78 is 10.6. The van der Waals surface area contributed by atoms with Crippen molar-refractivity contribution in [2.75, 3.05) is 24.0 Å². The van der Waals surface area contributed by atoms with Crippen LogP contribution in [0.5, 0.6) is 11.5 Å². The van der Waals surface area contributed by atoms with Crippen LogP contribution in [0.25, 0.3) is 0 Å². The van der Waals surface area contributed by atoms with Crippen LogP contribution >= 0.6 is 11.3 Å². The normalized spacial score (nSPS) is 16.8. The first kappa shape index (κ1) is 20.3. The highest BCUT2D eigenvalue weighted by Crippen LogP contribution is 2.36. The Hall–Kier alpha value is -3.66. The molecule has 32 heavy (non-hydrogen) atoms. The molecule has 164 valence electrons. The molecule has 3 heterocycles. The van der Waals surface area contributed by atoms with E-state index in [-0.39, 0.29) is 29.8 Å². The molecular weight excluding hydrogens is 430 g/mol. The van der Waals surface area contributed by atoms with Crippen LogP contribution in [0, 0.1) is 6.92 Å². The van der Waals surface area contributed by atoms with Crippen LogP contribution in [0.1, 0.15) is 39.3 Å². The van der Waals surface area contributed by atoms with Gasteiger partial charge in [-0.15, -0.1) is 10.2 Å². The molecule has 1 atom stereocenters. The van der Waals surface area contributed by atoms with Crippen LogP contribution in [-0.2, 0) is 0 Å². The molecule has 1 aromatic heterocycles. The molecule has 2 N–H and O–H groups in total. The topological polar surface area (TPSA) is 106 Å². The molecule has 0 spiro atoms. The number of anilines is 2. The Morgan fingerprint density at radius 1 is 1.06 bits per heavy atom. The van der Waals surface area contributed by atoms with E-state index >= 15 is 0 Å². The number of urea groups is 1. The third-order valence-electron chi connectivity index (χ3n) is 5.33. The van der Waals surface area contributed by atoms with Crippen molar-refractivity contribution in [2.45, 2.75) is 25.8 Å². The summed E-state index contributed by atoms with van der Waals surface area (Å²) in [5, 5.41) is 14.9. The minimum atomic E-state index is -0.360. The number of carbonyl (C=O) groups is 2. The average Bonchev–Trinajstić information content (AvgIpc) is 3.52. The Morgan fingerprint density at radius 2 is 1.91 bits per heavy atom. The van der Waals surface area contributed by atoms with Crippen LogP contribution in [-0.4, -0.2) is 40.4 Å². The van der Waals surface area contributed by atoms with Crippen molar-refractivity contribution in [2.24, 2.45) is 0 Å². The number of benzene rings is 2. The van der Waals surface area contributed by atoms with Gasteiger partial charge in [0.1, 0.15) is 5.01 Å². The molecular formula is C22H21N5O4S. The zero-order valence-corrected chi connectivity index (χ0v) is 18.1. The highest BCUT2D eigenvalue weighted by Gasteiger charge is 2.33. The molecule has 5 rings (SSSR count). The number of carbonyl (C=O) groups excluding carboxylic acids is 2. The molecule has 3 amide bonds. The van der Waals surface area contributed by atoms with E-state index in [0.717, 1.165) is 24.1 Å². The van der Waals surface area contributed by atoms with E-state index < -0.39 is 0 Å². The molecule has 0 aliphatic carbocycles. The number of aromatic nitrogens is 2. The standard InChI is InChI=1S/C22H21N5O4S/c1-13-4-2-5-14(10-13)24-22(29)27-9-3-6-16(27)20-25-26-21(32-20)19(28)23-15-7-8-17-18(11-15)31-12-30-17/h2,4-5,7-8,10-11,16H,3,6,9,12H2,1H3,(H,23,28)(H,24,29). The third-order valence-corrected chi connectivity index (χ3v) is 6.36. The van der Waals surface area contributed by atoms with Crippen molar-refractivity contribution >= 4 is 34.6 Å². The van der Waals surface area contributed by atoms with Crippen LogP contribution < -0.4 is 20.1 Å². The number of hydrogen-bond donors (Lipinski definition) is 2. The predicted octanol–water partition coefficient (Wildman–Crippen LogP) is 4.20. The maximum absolute atomic E-state index is 12.9. The number of amides is 3. The average molecular weight is 452 g/mol. The maximum atomic E-state index is 12.9. The number of hydrogen-bond acceptors (Lipinski definition) is 7. The van der Waals surface area contributed by atoms with Gasteiger partial charge in [0.2, 0.25) is 11.8 Å². The fourth-order valence-electron chi connectivity index (χ4n) is 3.80. The molecule has 1 unspecified atom stereocenters. The number of rotatable bonds is 4. The first-order valence-corrected chi connectivity index (χ1v) is 11.1. The zero-order chi connectivity index (χ0) is 22.1. The monoisotopic (exact) mass is 451 g/mol. The van der Waals surface area contributed by atoms with E-state index in [1.54, 1.807) is 23.1 Å². The third kappa shape index (κ3) is 4.09. The van der Waals surface area contributed by atoms with Gasteiger partial charge in [0.05, 0.1) is 6.04 Å². The number of likely N-dealkylation sites (tertiary alicyclic amines) is 1. The summed E-state index contributed by atoms with van der Waals surface area (Å²) in [6, 6.07) is 12.5. The second-order valence-corrected chi connectivity index (χ2v) is 8.63. The van der Waals surface area contributed by atoms with E-state index in [4.69, 9.17) is 9.47 Å². The van der Waals surface area contributed by atoms with Crippen molar-refractivity contribution < 1.29 is 19.1 Å². The largest absolute Gasteiger partial charge is 0.454 e. The lowest BCUT2D eigenvalue weighted by atomic mass is 10.2. The van der Waals surface area contributed by atoms with Crippen molar-refractivity contribution in [1.82, 2.24) is 15.1 Å². The lowest BCUT2D eigenvalue weighted by Crippen LogP contribution is -2.34. The van der Waals surface area contributed by atoms with Gasteiger partial charge in [-0.2, -0.15) is 0 Å². The van der Waals surface area contributed by atoms with Gasteiger partial charge in [0.15, 0.2) is 11.5 Å². The van der Waals surface area contributed by atoms with Gasteiger partial charge in [-0.3, -0.25) is 4.79 Å². The number of nitrogens with zero attached hydrogens (tertiary/aromatic N) is 3. The van der Waals surface area contributed by atoms with E-state index in [0.29, 0.717) is 28.7 Å². The van der Waals surface area contributed by atoms with Crippen LogP contribution in [0.4, 0.5) is 16.2 Å². The van der Waals surface area contributed by atoms with E-state index in [9.17, 15) is 9.59 Å². The van der Waals surface area contributed by atoms with Gasteiger partial charge < -0.3 is 25.0 Å². The highest BCUT2D eigenvalue weighted by molar-refractivity contribution is 7.13. The maximum Gasteiger partial charge on any atom is 0.322 e. The molecule has 0 saturated carbocycles. The minimum Gasteiger partial charge on any atom is -0.454 e. The Labute approximate surface area is 188 Å². The highest BCUT2D eigenvalue weighted by atomic mass is 32.1. The fourth-order valence-corrected chi connectivity index (χ4v) is 4.69. The Bertz CT molecular complexity index is 1180. The summed E-state index contributed by atoms with van der Waals surface area (Å²) in [6.07, 6.45) is 1.64. The lowest BCUT2D eigenvalue weighted by Gasteiger charge is -2.23. The van der Waals surface area contributed by atoms with Crippen molar-refractivity contribution in [3.8, 4) is 11.5 Å². The van der Waals surface area contributed by atoms with Gasteiger partial charge >= 0.3 is 6.03 Å². The first-order valence-electron chi connectivity index (χ1n) is 10.3. The van der Waals surface area contributed by atoms with Gasteiger partial charge in [0, 0.05) is 24.0 Å². The fraction of sp³-hybridized carbons (Fsp3) is 0.273. The quantitative estimate of drug-likeness (QED) is 0.616. The van der Waals surface area contributed by atoms with Crippen molar-refractivity contribution in [1.29, 1.82) is 0 Å². The number of aryl methyl sites for hydroxylation is 1. The number of nitrogens with one attached hydrogen (secondary N) is 2. The molecule has 1 saturated heterocycles. The summed E-state index contributed by atoms with van der Waals surface area (Å²) in [4.78, 5) is 27.3. The Balaban J connectivity index is 1.26. The van der Waals surface area contributed by atoms with Gasteiger partial charge in [-0.25, -0.2) is 4.79 Å². The summed E-state index contributed by atoms with van der Waals surface area (Å²) in [5.74, 6) is 0.870. The van der Waals surface area contributed by atoms with Gasteiger partial charge in [0.25, 0.3) is 5.91 Å². The summed E-state index contributed by atoms with van der Waals surface area (Å²) in [6.45, 7) is 2.77. The molecule has 10 heteroatoms. The predicted molar refractivity (Wildman–Crippen MR) is 119 cm³/mol. The molecule has 2 aromatic carbocycles. The smallest absolute Gasteiger partial charge is 0.322 e. The van der Waals surface area contributed by atoms with Crippen LogP contribution in [0.3, 0.4) is 0 Å². The second-order valence-electron chi connectivity index (χ2n) is 7.62. The van der Waals surface area contributed by atoms with E-state index in [2.05, 4.69) is 20.8 Å². The van der Waals surface area contributed by atoms with Crippen molar-refractivity contribution in [3.05, 3.63) is 58.0 Å². The number of fused-ring (bicyclic) bond motifs is 1. The zero-order valence-electron chi connectivity index (χ0n) is 17.3. The molecule has 0 radical (unpaired) electrons. The van der Waals surface area contributed by atoms with Crippen LogP contribution in [0.15, 0.2) is 42.5 Å². The molecule has 9 nitrogen and oxygen atoms in total. The Kier molecular flexibility index (Phi) is 5.36. The minimum absolute atomic E-state index is 0.168. The van der Waals surface area contributed by atoms with E-state index in [1.165, 1.54) is 11.3 Å². The summed E-state index contributed by atoms with van der Waals surface area (Å²) in [7, 11) is 0. The molecule has 2 aliphatic heterocycles. The SMILES string of the molecule is Cc1cccc(NC(=O)N2CCCC2c2nnc(C(=O)Nc3ccc4c(c3)OCO4)s2)c1. The van der Waals surface area contributed by atoms with Gasteiger partial charge in [-0.1, -0.05) is 23.5 Å². The van der Waals surface area contributed by atoms with Crippen molar-refractivity contribution in [3.63, 3.8) is 0 Å². The van der Waals surface area contributed by atoms with E-state index in [1.807, 2.05) is 31.2 Å². The summed E-state index contributed by atoms with van der Waals surface area (Å²) in [5.41, 5.74) is 2.40. The number of ether oxygens (including phenoxy) is 2.